The van der Waals surface area contributed by atoms with Crippen LogP contribution in [-0.4, -0.2) is 9.97 Å². The highest BCUT2D eigenvalue weighted by atomic mass is 79.9. The third-order valence-corrected chi connectivity index (χ3v) is 6.71. The molecular weight excluding hydrogens is 618 g/mol. The van der Waals surface area contributed by atoms with Crippen LogP contribution in [0.4, 0.5) is 26.3 Å². The van der Waals surface area contributed by atoms with Crippen molar-refractivity contribution in [3.05, 3.63) is 66.7 Å². The fourth-order valence-corrected chi connectivity index (χ4v) is 4.65. The Morgan fingerprint density at radius 2 is 1.65 bits per heavy atom. The lowest BCUT2D eigenvalue weighted by atomic mass is 10.1. The minimum atomic E-state index is -4.54. The highest BCUT2D eigenvalue weighted by molar-refractivity contribution is 9.11. The van der Waals surface area contributed by atoms with Gasteiger partial charge >= 0.3 is 12.4 Å². The average Bonchev–Trinajstić information content (AvgIpc) is 3.52. The van der Waals surface area contributed by atoms with Gasteiger partial charge in [-0.3, -0.25) is 0 Å². The highest BCUT2D eigenvalue weighted by Crippen LogP contribution is 2.42. The molecule has 4 rings (SSSR count). The van der Waals surface area contributed by atoms with E-state index < -0.39 is 23.7 Å². The average molecular weight is 626 g/mol. The van der Waals surface area contributed by atoms with Crippen molar-refractivity contribution in [2.75, 3.05) is 0 Å². The molecule has 0 aromatic carbocycles. The molecule has 14 heteroatoms. The van der Waals surface area contributed by atoms with Crippen molar-refractivity contribution in [2.24, 2.45) is 0 Å². The monoisotopic (exact) mass is 624 g/mol. The van der Waals surface area contributed by atoms with Crippen molar-refractivity contribution in [3.8, 4) is 34.8 Å². The van der Waals surface area contributed by atoms with Gasteiger partial charge in [-0.2, -0.15) is 36.9 Å². The van der Waals surface area contributed by atoms with Gasteiger partial charge in [0.15, 0.2) is 5.76 Å². The Bertz CT molecular complexity index is 1380. The van der Waals surface area contributed by atoms with Crippen LogP contribution in [0.2, 0.25) is 0 Å². The summed E-state index contributed by atoms with van der Waals surface area (Å²) in [6.07, 6.45) is -7.72. The Morgan fingerprint density at radius 3 is 2.12 bits per heavy atom. The van der Waals surface area contributed by atoms with E-state index in [0.29, 0.717) is 9.35 Å². The predicted octanol–water partition coefficient (Wildman–Crippen LogP) is 8.32. The lowest BCUT2D eigenvalue weighted by Crippen LogP contribution is -2.06. The molecule has 0 radical (unpaired) electrons. The third-order valence-electron chi connectivity index (χ3n) is 4.23. The van der Waals surface area contributed by atoms with Gasteiger partial charge in [0.1, 0.15) is 23.5 Å². The Labute approximate surface area is 207 Å². The second kappa shape index (κ2) is 9.74. The molecule has 4 aromatic rings. The van der Waals surface area contributed by atoms with Crippen LogP contribution in [0.3, 0.4) is 0 Å². The van der Waals surface area contributed by atoms with E-state index in [2.05, 4.69) is 41.8 Å². The van der Waals surface area contributed by atoms with E-state index in [1.54, 1.807) is 23.6 Å². The van der Waals surface area contributed by atoms with E-state index in [1.165, 1.54) is 29.7 Å². The number of halogens is 8. The molecule has 0 amide bonds. The molecule has 176 valence electrons. The summed E-state index contributed by atoms with van der Waals surface area (Å²) < 4.78 is 80.7. The fraction of sp³-hybridized carbons (Fsp3) is 0.100. The summed E-state index contributed by atoms with van der Waals surface area (Å²) in [7, 11) is 0. The summed E-state index contributed by atoms with van der Waals surface area (Å²) in [5.74, 6) is 0.201. The smallest absolute Gasteiger partial charge is 0.432 e. The molecule has 5 nitrogen and oxygen atoms in total. The third kappa shape index (κ3) is 5.24. The first-order valence-electron chi connectivity index (χ1n) is 8.74. The zero-order valence-electron chi connectivity index (χ0n) is 16.2. The molecule has 0 unspecified atom stereocenters. The predicted molar refractivity (Wildman–Crippen MR) is 117 cm³/mol. The van der Waals surface area contributed by atoms with Crippen molar-refractivity contribution in [3.63, 3.8) is 0 Å². The van der Waals surface area contributed by atoms with Crippen LogP contribution in [0, 0.1) is 22.7 Å². The zero-order chi connectivity index (χ0) is 25.3. The van der Waals surface area contributed by atoms with Crippen molar-refractivity contribution >= 4 is 43.2 Å². The van der Waals surface area contributed by atoms with Crippen LogP contribution in [0.25, 0.3) is 22.7 Å². The molecule has 0 saturated carbocycles. The highest BCUT2D eigenvalue weighted by Gasteiger charge is 2.38. The number of alkyl halides is 6. The Hall–Kier alpha value is -2.94. The SMILES string of the molecule is N#Cc1c(-c2ccsc2Br)[nH]c(C(F)(F)F)c1Br.N#Cc1cc(C(F)(F)F)[nH]c1-c1ccco1. The fourth-order valence-electron chi connectivity index (χ4n) is 2.76. The van der Waals surface area contributed by atoms with Gasteiger partial charge in [0.2, 0.25) is 0 Å². The molecule has 0 aliphatic carbocycles. The topological polar surface area (TPSA) is 92.3 Å². The number of rotatable bonds is 2. The molecular formula is C20H8Br2F6N4OS. The van der Waals surface area contributed by atoms with Gasteiger partial charge < -0.3 is 14.4 Å². The summed E-state index contributed by atoms with van der Waals surface area (Å²) in [6, 6.07) is 8.88. The second-order valence-electron chi connectivity index (χ2n) is 6.34. The largest absolute Gasteiger partial charge is 0.463 e. The molecule has 34 heavy (non-hydrogen) atoms. The van der Waals surface area contributed by atoms with Crippen LogP contribution < -0.4 is 0 Å². The maximum Gasteiger partial charge on any atom is 0.432 e. The van der Waals surface area contributed by atoms with E-state index in [-0.39, 0.29) is 32.7 Å². The molecule has 0 aliphatic heterocycles. The van der Waals surface area contributed by atoms with Crippen molar-refractivity contribution in [2.45, 2.75) is 12.4 Å². The van der Waals surface area contributed by atoms with E-state index >= 15 is 0 Å². The van der Waals surface area contributed by atoms with Crippen LogP contribution in [-0.2, 0) is 12.4 Å². The standard InChI is InChI=1S/C10H3Br2F3N2S.C10H5F3N2O/c11-6-5(3-16)7(4-1-2-18-9(4)12)17-8(6)10(13,14)15;11-10(12,13)8-4-6(5-14)9(15-8)7-2-1-3-16-7/h1-2,17H;1-4,15H. The number of furan rings is 1. The van der Waals surface area contributed by atoms with Crippen LogP contribution in [0.15, 0.2) is 48.6 Å². The molecule has 2 N–H and O–H groups in total. The van der Waals surface area contributed by atoms with Gasteiger partial charge in [-0.15, -0.1) is 11.3 Å². The van der Waals surface area contributed by atoms with Crippen LogP contribution in [0.1, 0.15) is 22.5 Å². The molecule has 0 spiro atoms. The van der Waals surface area contributed by atoms with Crippen molar-refractivity contribution < 1.29 is 30.8 Å². The summed E-state index contributed by atoms with van der Waals surface area (Å²) in [5.41, 5.74) is -1.33. The number of hydrogen-bond acceptors (Lipinski definition) is 4. The van der Waals surface area contributed by atoms with Crippen molar-refractivity contribution in [1.82, 2.24) is 9.97 Å². The number of nitrogens with one attached hydrogen (secondary N) is 2. The Kier molecular flexibility index (Phi) is 7.35. The van der Waals surface area contributed by atoms with Crippen LogP contribution in [0.5, 0.6) is 0 Å². The van der Waals surface area contributed by atoms with Gasteiger partial charge in [0.05, 0.1) is 37.0 Å². The second-order valence-corrected chi connectivity index (χ2v) is 9.37. The number of nitriles is 2. The normalized spacial score (nSPS) is 11.5. The first kappa shape index (κ1) is 25.7. The lowest BCUT2D eigenvalue weighted by molar-refractivity contribution is -0.141. The number of H-pyrrole nitrogens is 2. The molecule has 0 atom stereocenters. The van der Waals surface area contributed by atoms with E-state index in [0.717, 1.165) is 6.07 Å². The first-order chi connectivity index (χ1) is 15.9. The Balaban J connectivity index is 0.000000192. The quantitative estimate of drug-likeness (QED) is 0.219. The van der Waals surface area contributed by atoms with E-state index in [1.807, 2.05) is 0 Å². The maximum atomic E-state index is 12.7. The van der Waals surface area contributed by atoms with Gasteiger partial charge in [0, 0.05) is 5.56 Å². The number of aromatic amines is 2. The first-order valence-corrected chi connectivity index (χ1v) is 11.2. The zero-order valence-corrected chi connectivity index (χ0v) is 20.2. The van der Waals surface area contributed by atoms with Gasteiger partial charge in [-0.05, 0) is 61.5 Å². The number of thiophene rings is 1. The summed E-state index contributed by atoms with van der Waals surface area (Å²) >= 11 is 7.40. The molecule has 0 fully saturated rings. The summed E-state index contributed by atoms with van der Waals surface area (Å²) in [5, 5.41) is 19.4. The summed E-state index contributed by atoms with van der Waals surface area (Å²) in [4.78, 5) is 4.40. The molecule has 0 aliphatic rings. The number of hydrogen-bond donors (Lipinski definition) is 2. The minimum Gasteiger partial charge on any atom is -0.463 e. The molecule has 4 aromatic heterocycles. The minimum absolute atomic E-state index is 0.0415. The molecule has 0 saturated heterocycles. The molecule has 4 heterocycles. The summed E-state index contributed by atoms with van der Waals surface area (Å²) in [6.45, 7) is 0. The van der Waals surface area contributed by atoms with Gasteiger partial charge in [-0.1, -0.05) is 0 Å². The van der Waals surface area contributed by atoms with Gasteiger partial charge in [0.25, 0.3) is 0 Å². The van der Waals surface area contributed by atoms with Crippen LogP contribution >= 0.6 is 43.2 Å². The Morgan fingerprint density at radius 1 is 0.941 bits per heavy atom. The lowest BCUT2D eigenvalue weighted by Gasteiger charge is -2.03. The maximum absolute atomic E-state index is 12.7. The number of nitrogens with zero attached hydrogens (tertiary/aromatic N) is 2. The van der Waals surface area contributed by atoms with Gasteiger partial charge in [-0.25, -0.2) is 0 Å². The molecule has 0 bridgehead atoms. The van der Waals surface area contributed by atoms with E-state index in [9.17, 15) is 26.3 Å². The van der Waals surface area contributed by atoms with Crippen molar-refractivity contribution in [1.29, 1.82) is 10.5 Å². The van der Waals surface area contributed by atoms with E-state index in [4.69, 9.17) is 14.9 Å². The number of aromatic nitrogens is 2.